The van der Waals surface area contributed by atoms with E-state index in [1.54, 1.807) is 0 Å². The van der Waals surface area contributed by atoms with Crippen LogP contribution in [0.25, 0.3) is 0 Å². The van der Waals surface area contributed by atoms with Gasteiger partial charge in [0.05, 0.1) is 0 Å². The fourth-order valence-corrected chi connectivity index (χ4v) is 1.01. The average molecular weight is 183 g/mol. The lowest BCUT2D eigenvalue weighted by Crippen LogP contribution is -2.46. The first-order valence-corrected chi connectivity index (χ1v) is 3.43. The van der Waals surface area contributed by atoms with E-state index in [9.17, 15) is 18.0 Å². The standard InChI is InChI=1S/C6H8F3NO2/c7-6(8,9)5(10)3-1-2-4(11)12-3/h3,5H,1-2,10H2/t3-,5-/m1/s1. The molecule has 0 unspecified atom stereocenters. The summed E-state index contributed by atoms with van der Waals surface area (Å²) in [5, 5.41) is 0. The normalized spacial score (nSPS) is 27.0. The summed E-state index contributed by atoms with van der Waals surface area (Å²) in [7, 11) is 0. The fraction of sp³-hybridized carbons (Fsp3) is 0.833. The summed E-state index contributed by atoms with van der Waals surface area (Å²) >= 11 is 0. The van der Waals surface area contributed by atoms with Crippen LogP contribution in [-0.4, -0.2) is 24.3 Å². The van der Waals surface area contributed by atoms with Crippen LogP contribution in [0.15, 0.2) is 0 Å². The minimum absolute atomic E-state index is 0.0223. The summed E-state index contributed by atoms with van der Waals surface area (Å²) in [5.74, 6) is -0.611. The molecule has 70 valence electrons. The number of hydrogen-bond donors (Lipinski definition) is 1. The molecule has 0 aromatic carbocycles. The first-order valence-electron chi connectivity index (χ1n) is 3.43. The predicted molar refractivity (Wildman–Crippen MR) is 33.1 cm³/mol. The number of ether oxygens (including phenoxy) is 1. The van der Waals surface area contributed by atoms with Crippen molar-refractivity contribution in [3.63, 3.8) is 0 Å². The lowest BCUT2D eigenvalue weighted by molar-refractivity contribution is -0.175. The van der Waals surface area contributed by atoms with Gasteiger partial charge >= 0.3 is 12.1 Å². The molecule has 0 radical (unpaired) electrons. The first kappa shape index (κ1) is 9.31. The molecule has 0 aliphatic carbocycles. The fourth-order valence-electron chi connectivity index (χ4n) is 1.01. The van der Waals surface area contributed by atoms with Gasteiger partial charge in [-0.1, -0.05) is 0 Å². The van der Waals surface area contributed by atoms with Gasteiger partial charge in [0.1, 0.15) is 12.1 Å². The average Bonchev–Trinajstić information content (AvgIpc) is 2.32. The van der Waals surface area contributed by atoms with Gasteiger partial charge in [-0.15, -0.1) is 0 Å². The number of rotatable bonds is 1. The van der Waals surface area contributed by atoms with Crippen LogP contribution in [0, 0.1) is 0 Å². The molecule has 1 aliphatic heterocycles. The molecule has 0 amide bonds. The van der Waals surface area contributed by atoms with Crippen LogP contribution >= 0.6 is 0 Å². The van der Waals surface area contributed by atoms with E-state index in [1.807, 2.05) is 0 Å². The number of nitrogens with two attached hydrogens (primary N) is 1. The molecule has 12 heavy (non-hydrogen) atoms. The van der Waals surface area contributed by atoms with Gasteiger partial charge < -0.3 is 10.5 Å². The minimum atomic E-state index is -4.49. The molecule has 0 spiro atoms. The zero-order valence-electron chi connectivity index (χ0n) is 6.10. The molecule has 0 aromatic rings. The number of carbonyl (C=O) groups excluding carboxylic acids is 1. The van der Waals surface area contributed by atoms with Crippen LogP contribution in [-0.2, 0) is 9.53 Å². The third-order valence-corrected chi connectivity index (χ3v) is 1.69. The molecule has 1 saturated heterocycles. The van der Waals surface area contributed by atoms with E-state index in [2.05, 4.69) is 4.74 Å². The zero-order valence-corrected chi connectivity index (χ0v) is 6.10. The monoisotopic (exact) mass is 183 g/mol. The van der Waals surface area contributed by atoms with Gasteiger partial charge in [0, 0.05) is 6.42 Å². The Balaban J connectivity index is 2.54. The van der Waals surface area contributed by atoms with Gasteiger partial charge in [0.2, 0.25) is 0 Å². The second-order valence-corrected chi connectivity index (χ2v) is 2.63. The summed E-state index contributed by atoms with van der Waals surface area (Å²) in [6, 6.07) is -2.05. The minimum Gasteiger partial charge on any atom is -0.460 e. The molecule has 6 heteroatoms. The van der Waals surface area contributed by atoms with E-state index in [0.717, 1.165) is 0 Å². The van der Waals surface area contributed by atoms with Crippen molar-refractivity contribution in [1.29, 1.82) is 0 Å². The molecule has 0 bridgehead atoms. The SMILES string of the molecule is N[C@H]([C@H]1CCC(=O)O1)C(F)(F)F. The second-order valence-electron chi connectivity index (χ2n) is 2.63. The first-order chi connectivity index (χ1) is 5.41. The Morgan fingerprint density at radius 3 is 2.50 bits per heavy atom. The van der Waals surface area contributed by atoms with Crippen LogP contribution in [0.5, 0.6) is 0 Å². The summed E-state index contributed by atoms with van der Waals surface area (Å²) in [5.41, 5.74) is 4.82. The summed E-state index contributed by atoms with van der Waals surface area (Å²) < 4.78 is 40.1. The highest BCUT2D eigenvalue weighted by molar-refractivity contribution is 5.71. The van der Waals surface area contributed by atoms with Crippen molar-refractivity contribution in [2.24, 2.45) is 5.73 Å². The molecular formula is C6H8F3NO2. The van der Waals surface area contributed by atoms with E-state index >= 15 is 0 Å². The number of carbonyl (C=O) groups is 1. The Morgan fingerprint density at radius 1 is 1.58 bits per heavy atom. The molecule has 1 heterocycles. The number of alkyl halides is 3. The molecule has 0 aromatic heterocycles. The lowest BCUT2D eigenvalue weighted by Gasteiger charge is -2.20. The Morgan fingerprint density at radius 2 is 2.17 bits per heavy atom. The van der Waals surface area contributed by atoms with Gasteiger partial charge in [-0.2, -0.15) is 13.2 Å². The Bertz CT molecular complexity index is 192. The molecule has 0 saturated carbocycles. The number of halogens is 3. The summed E-state index contributed by atoms with van der Waals surface area (Å²) in [6.45, 7) is 0. The maximum Gasteiger partial charge on any atom is 0.407 e. The third-order valence-electron chi connectivity index (χ3n) is 1.69. The molecule has 1 rings (SSSR count). The Labute approximate surface area is 66.7 Å². The highest BCUT2D eigenvalue weighted by Crippen LogP contribution is 2.27. The smallest absolute Gasteiger partial charge is 0.407 e. The molecule has 1 fully saturated rings. The molecule has 3 nitrogen and oxygen atoms in total. The Hall–Kier alpha value is -0.780. The van der Waals surface area contributed by atoms with E-state index in [1.165, 1.54) is 0 Å². The van der Waals surface area contributed by atoms with E-state index in [-0.39, 0.29) is 12.8 Å². The van der Waals surface area contributed by atoms with Crippen molar-refractivity contribution >= 4 is 5.97 Å². The van der Waals surface area contributed by atoms with Gasteiger partial charge in [-0.25, -0.2) is 0 Å². The molecule has 1 aliphatic rings. The van der Waals surface area contributed by atoms with Crippen molar-refractivity contribution in [3.05, 3.63) is 0 Å². The van der Waals surface area contributed by atoms with E-state index in [0.29, 0.717) is 0 Å². The maximum atomic E-state index is 11.9. The molecular weight excluding hydrogens is 175 g/mol. The van der Waals surface area contributed by atoms with Crippen LogP contribution in [0.4, 0.5) is 13.2 Å². The number of cyclic esters (lactones) is 1. The summed E-state index contributed by atoms with van der Waals surface area (Å²) in [6.07, 6.45) is -5.61. The van der Waals surface area contributed by atoms with Crippen molar-refractivity contribution in [2.75, 3.05) is 0 Å². The third kappa shape index (κ3) is 1.88. The van der Waals surface area contributed by atoms with Gasteiger partial charge in [0.15, 0.2) is 0 Å². The quantitative estimate of drug-likeness (QED) is 0.605. The predicted octanol–water partition coefficient (Wildman–Crippen LogP) is 0.582. The highest BCUT2D eigenvalue weighted by Gasteiger charge is 2.45. The van der Waals surface area contributed by atoms with Crippen molar-refractivity contribution in [2.45, 2.75) is 31.2 Å². The van der Waals surface area contributed by atoms with Crippen LogP contribution in [0.1, 0.15) is 12.8 Å². The highest BCUT2D eigenvalue weighted by atomic mass is 19.4. The molecule has 2 N–H and O–H groups in total. The van der Waals surface area contributed by atoms with Gasteiger partial charge in [-0.3, -0.25) is 4.79 Å². The van der Waals surface area contributed by atoms with Crippen LogP contribution < -0.4 is 5.73 Å². The van der Waals surface area contributed by atoms with Crippen molar-refractivity contribution in [3.8, 4) is 0 Å². The number of hydrogen-bond acceptors (Lipinski definition) is 3. The second kappa shape index (κ2) is 2.93. The zero-order chi connectivity index (χ0) is 9.35. The maximum absolute atomic E-state index is 11.9. The van der Waals surface area contributed by atoms with Gasteiger partial charge in [0.25, 0.3) is 0 Å². The van der Waals surface area contributed by atoms with Crippen LogP contribution in [0.3, 0.4) is 0 Å². The molecule has 2 atom stereocenters. The Kier molecular flexibility index (Phi) is 2.27. The number of esters is 1. The van der Waals surface area contributed by atoms with E-state index < -0.39 is 24.3 Å². The topological polar surface area (TPSA) is 52.3 Å². The van der Waals surface area contributed by atoms with Gasteiger partial charge in [-0.05, 0) is 6.42 Å². The van der Waals surface area contributed by atoms with Crippen LogP contribution in [0.2, 0.25) is 0 Å². The van der Waals surface area contributed by atoms with Crippen molar-refractivity contribution in [1.82, 2.24) is 0 Å². The van der Waals surface area contributed by atoms with Crippen molar-refractivity contribution < 1.29 is 22.7 Å². The summed E-state index contributed by atoms with van der Waals surface area (Å²) in [4.78, 5) is 10.4. The largest absolute Gasteiger partial charge is 0.460 e. The lowest BCUT2D eigenvalue weighted by atomic mass is 10.1. The van der Waals surface area contributed by atoms with E-state index in [4.69, 9.17) is 5.73 Å².